The van der Waals surface area contributed by atoms with Crippen molar-refractivity contribution in [1.82, 2.24) is 14.8 Å². The van der Waals surface area contributed by atoms with Crippen LogP contribution in [0.3, 0.4) is 0 Å². The maximum Gasteiger partial charge on any atom is 0.106 e. The summed E-state index contributed by atoms with van der Waals surface area (Å²) in [4.78, 5) is 15.1. The summed E-state index contributed by atoms with van der Waals surface area (Å²) in [5, 5.41) is 15.4. The Morgan fingerprint density at radius 1 is 1.32 bits per heavy atom. The van der Waals surface area contributed by atoms with Crippen LogP contribution in [-0.4, -0.2) is 20.5 Å². The maximum atomic E-state index is 10.6. The van der Waals surface area contributed by atoms with E-state index < -0.39 is 0 Å². The summed E-state index contributed by atoms with van der Waals surface area (Å²) in [5.41, 5.74) is 6.95. The predicted molar refractivity (Wildman–Crippen MR) is 130 cm³/mol. The average Bonchev–Trinajstić information content (AvgIpc) is 3.37. The molecular weight excluding hydrogens is 386 g/mol. The SMILES string of the molecule is C/C=C/c1nn2c(c1-c1ccnc3ccc(CN=O)cc13)CCC2.C=CC(C)=N.CC. The Balaban J connectivity index is 0.000000432. The highest BCUT2D eigenvalue weighted by atomic mass is 16.3. The first-order valence-corrected chi connectivity index (χ1v) is 10.7. The molecule has 1 aliphatic heterocycles. The Hall–Kier alpha value is -3.41. The number of nitrogens with zero attached hydrogens (tertiary/aromatic N) is 4. The number of allylic oxidation sites excluding steroid dienone is 2. The van der Waals surface area contributed by atoms with Crippen molar-refractivity contribution in [2.75, 3.05) is 0 Å². The minimum absolute atomic E-state index is 0.179. The van der Waals surface area contributed by atoms with E-state index in [0.29, 0.717) is 5.71 Å². The molecule has 0 radical (unpaired) electrons. The summed E-state index contributed by atoms with van der Waals surface area (Å²) < 4.78 is 2.12. The van der Waals surface area contributed by atoms with Gasteiger partial charge in [0.25, 0.3) is 0 Å². The van der Waals surface area contributed by atoms with E-state index in [2.05, 4.69) is 27.5 Å². The Labute approximate surface area is 184 Å². The normalized spacial score (nSPS) is 11.9. The summed E-state index contributed by atoms with van der Waals surface area (Å²) in [5.74, 6) is 0. The van der Waals surface area contributed by atoms with Crippen LogP contribution in [0.2, 0.25) is 0 Å². The molecule has 3 aromatic rings. The molecule has 4 rings (SSSR count). The fourth-order valence-corrected chi connectivity index (χ4v) is 3.50. The van der Waals surface area contributed by atoms with Crippen molar-refractivity contribution in [1.29, 1.82) is 5.41 Å². The van der Waals surface area contributed by atoms with Gasteiger partial charge in [-0.3, -0.25) is 9.67 Å². The summed E-state index contributed by atoms with van der Waals surface area (Å²) in [6, 6.07) is 7.94. The first kappa shape index (κ1) is 23.9. The smallest absolute Gasteiger partial charge is 0.106 e. The van der Waals surface area contributed by atoms with Crippen LogP contribution in [0.25, 0.3) is 28.1 Å². The standard InChI is InChI=1S/C19H18N4O.C4H7N.C2H6/c1-2-4-17-19(18-5-3-10-23(18)22-17)14-8-9-20-16-7-6-13(12-21-24)11-15(14)16;1-3-4(2)5;1-2/h2,4,6-9,11H,3,5,10,12H2,1H3;3,5H,1H2,2H3;1-2H3/b4-2+;;. The number of nitrogens with one attached hydrogen (secondary N) is 1. The topological polar surface area (TPSA) is 84.0 Å². The van der Waals surface area contributed by atoms with Crippen LogP contribution in [0.1, 0.15) is 51.1 Å². The van der Waals surface area contributed by atoms with E-state index in [0.717, 1.165) is 47.1 Å². The summed E-state index contributed by atoms with van der Waals surface area (Å²) >= 11 is 0. The van der Waals surface area contributed by atoms with Gasteiger partial charge >= 0.3 is 0 Å². The van der Waals surface area contributed by atoms with Gasteiger partial charge in [-0.1, -0.05) is 37.7 Å². The molecule has 6 nitrogen and oxygen atoms in total. The number of fused-ring (bicyclic) bond motifs is 2. The third kappa shape index (κ3) is 5.60. The molecule has 0 bridgehead atoms. The number of rotatable bonds is 5. The van der Waals surface area contributed by atoms with Gasteiger partial charge in [-0.05, 0) is 68.2 Å². The molecule has 162 valence electrons. The quantitative estimate of drug-likeness (QED) is 0.376. The zero-order valence-electron chi connectivity index (χ0n) is 18.9. The van der Waals surface area contributed by atoms with Gasteiger partial charge in [0, 0.05) is 35.1 Å². The summed E-state index contributed by atoms with van der Waals surface area (Å²) in [6.45, 7) is 12.2. The first-order valence-electron chi connectivity index (χ1n) is 10.7. The van der Waals surface area contributed by atoms with Crippen molar-refractivity contribution >= 4 is 22.7 Å². The molecule has 0 amide bonds. The third-order valence-electron chi connectivity index (χ3n) is 4.82. The van der Waals surface area contributed by atoms with E-state index in [9.17, 15) is 4.91 Å². The van der Waals surface area contributed by atoms with E-state index in [1.807, 2.05) is 57.3 Å². The largest absolute Gasteiger partial charge is 0.306 e. The van der Waals surface area contributed by atoms with Crippen molar-refractivity contribution in [2.45, 2.75) is 53.6 Å². The van der Waals surface area contributed by atoms with Gasteiger partial charge < -0.3 is 5.41 Å². The molecule has 0 saturated heterocycles. The molecule has 1 N–H and O–H groups in total. The van der Waals surface area contributed by atoms with Crippen molar-refractivity contribution in [3.8, 4) is 11.1 Å². The first-order chi connectivity index (χ1) is 15.1. The summed E-state index contributed by atoms with van der Waals surface area (Å²) in [6.07, 6.45) is 9.60. The zero-order valence-corrected chi connectivity index (χ0v) is 18.9. The van der Waals surface area contributed by atoms with Crippen molar-refractivity contribution in [2.24, 2.45) is 5.18 Å². The van der Waals surface area contributed by atoms with E-state index >= 15 is 0 Å². The molecule has 0 aliphatic carbocycles. The van der Waals surface area contributed by atoms with Crippen molar-refractivity contribution in [3.63, 3.8) is 0 Å². The monoisotopic (exact) mass is 417 g/mol. The molecule has 0 spiro atoms. The van der Waals surface area contributed by atoms with E-state index in [-0.39, 0.29) is 6.54 Å². The lowest BCUT2D eigenvalue weighted by Crippen LogP contribution is -1.94. The maximum absolute atomic E-state index is 10.6. The second-order valence-corrected chi connectivity index (χ2v) is 6.92. The van der Waals surface area contributed by atoms with Gasteiger partial charge in [0.2, 0.25) is 0 Å². The number of pyridine rings is 1. The van der Waals surface area contributed by atoms with Gasteiger partial charge in [-0.2, -0.15) is 10.0 Å². The van der Waals surface area contributed by atoms with Gasteiger partial charge in [-0.25, -0.2) is 0 Å². The molecule has 31 heavy (non-hydrogen) atoms. The molecule has 0 fully saturated rings. The molecule has 2 aromatic heterocycles. The van der Waals surface area contributed by atoms with Crippen molar-refractivity contribution in [3.05, 3.63) is 71.1 Å². The number of aromatic nitrogens is 3. The fourth-order valence-electron chi connectivity index (χ4n) is 3.50. The number of hydrogen-bond donors (Lipinski definition) is 1. The predicted octanol–water partition coefficient (Wildman–Crippen LogP) is 6.58. The Kier molecular flexibility index (Phi) is 9.00. The lowest BCUT2D eigenvalue weighted by Gasteiger charge is -2.08. The van der Waals surface area contributed by atoms with E-state index in [1.54, 1.807) is 6.92 Å². The molecule has 6 heteroatoms. The Bertz CT molecular complexity index is 1090. The van der Waals surface area contributed by atoms with Crippen LogP contribution in [0, 0.1) is 10.3 Å². The van der Waals surface area contributed by atoms with Crippen LogP contribution in [-0.2, 0) is 19.5 Å². The fraction of sp³-hybridized carbons (Fsp3) is 0.320. The Morgan fingerprint density at radius 2 is 2.06 bits per heavy atom. The molecule has 1 aliphatic rings. The van der Waals surface area contributed by atoms with Crippen LogP contribution < -0.4 is 0 Å². The lowest BCUT2D eigenvalue weighted by molar-refractivity contribution is 0.655. The number of hydrogen-bond acceptors (Lipinski definition) is 5. The van der Waals surface area contributed by atoms with Gasteiger partial charge in [0.05, 0.1) is 11.2 Å². The highest BCUT2D eigenvalue weighted by Gasteiger charge is 2.23. The minimum Gasteiger partial charge on any atom is -0.306 e. The van der Waals surface area contributed by atoms with Crippen LogP contribution in [0.5, 0.6) is 0 Å². The number of benzene rings is 1. The van der Waals surface area contributed by atoms with Crippen LogP contribution >= 0.6 is 0 Å². The van der Waals surface area contributed by atoms with Gasteiger partial charge in [0.15, 0.2) is 0 Å². The molecule has 0 unspecified atom stereocenters. The minimum atomic E-state index is 0.179. The Morgan fingerprint density at radius 3 is 2.71 bits per heavy atom. The number of aryl methyl sites for hydroxylation is 1. The van der Waals surface area contributed by atoms with Crippen LogP contribution in [0.15, 0.2) is 54.4 Å². The highest BCUT2D eigenvalue weighted by Crippen LogP contribution is 2.36. The van der Waals surface area contributed by atoms with Crippen LogP contribution in [0.4, 0.5) is 0 Å². The van der Waals surface area contributed by atoms with E-state index in [4.69, 9.17) is 10.5 Å². The third-order valence-corrected chi connectivity index (χ3v) is 4.82. The molecule has 3 heterocycles. The highest BCUT2D eigenvalue weighted by molar-refractivity contribution is 5.97. The zero-order chi connectivity index (χ0) is 22.8. The second kappa shape index (κ2) is 11.7. The van der Waals surface area contributed by atoms with Gasteiger partial charge in [0.1, 0.15) is 6.54 Å². The molecule has 1 aromatic carbocycles. The lowest BCUT2D eigenvalue weighted by atomic mass is 9.96. The van der Waals surface area contributed by atoms with Gasteiger partial charge in [-0.15, -0.1) is 0 Å². The average molecular weight is 418 g/mol. The molecular formula is C25H31N5O. The molecule has 0 atom stereocenters. The molecule has 0 saturated carbocycles. The second-order valence-electron chi connectivity index (χ2n) is 6.92. The van der Waals surface area contributed by atoms with E-state index in [1.165, 1.54) is 17.3 Å². The summed E-state index contributed by atoms with van der Waals surface area (Å²) in [7, 11) is 0. The van der Waals surface area contributed by atoms with Crippen molar-refractivity contribution < 1.29 is 0 Å². The number of nitroso groups, excluding NO2 is 1.